The fraction of sp³-hybridized carbons (Fsp3) is 0.188. The third kappa shape index (κ3) is 3.81. The smallest absolute Gasteiger partial charge is 0.181 e. The third-order valence-corrected chi connectivity index (χ3v) is 3.69. The van der Waals surface area contributed by atoms with Gasteiger partial charge in [-0.25, -0.2) is 4.39 Å². The number of nitriles is 1. The van der Waals surface area contributed by atoms with E-state index in [4.69, 9.17) is 14.7 Å². The molecular formula is C16H13BrFNO2. The van der Waals surface area contributed by atoms with E-state index in [-0.39, 0.29) is 15.8 Å². The fourth-order valence-electron chi connectivity index (χ4n) is 1.77. The van der Waals surface area contributed by atoms with Gasteiger partial charge in [-0.1, -0.05) is 12.1 Å². The largest absolute Gasteiger partial charge is 0.454 e. The molecule has 2 aromatic carbocycles. The monoisotopic (exact) mass is 349 g/mol. The summed E-state index contributed by atoms with van der Waals surface area (Å²) in [5.41, 5.74) is 1.35. The lowest BCUT2D eigenvalue weighted by molar-refractivity contribution is 0.202. The van der Waals surface area contributed by atoms with Gasteiger partial charge in [-0.15, -0.1) is 0 Å². The van der Waals surface area contributed by atoms with Crippen LogP contribution in [0.25, 0.3) is 0 Å². The number of benzene rings is 2. The van der Waals surface area contributed by atoms with Gasteiger partial charge in [0.2, 0.25) is 0 Å². The molecular weight excluding hydrogens is 337 g/mol. The second-order valence-corrected chi connectivity index (χ2v) is 5.13. The third-order valence-electron chi connectivity index (χ3n) is 2.91. The molecule has 0 aliphatic carbocycles. The Balaban J connectivity index is 2.15. The summed E-state index contributed by atoms with van der Waals surface area (Å²) >= 11 is 3.05. The molecule has 2 aromatic rings. The molecule has 0 aliphatic rings. The van der Waals surface area contributed by atoms with Crippen molar-refractivity contribution in [1.82, 2.24) is 0 Å². The van der Waals surface area contributed by atoms with Crippen LogP contribution in [-0.2, 0) is 11.2 Å². The molecule has 0 unspecified atom stereocenters. The quantitative estimate of drug-likeness (QED) is 0.801. The molecule has 0 heterocycles. The van der Waals surface area contributed by atoms with Gasteiger partial charge in [-0.2, -0.15) is 5.26 Å². The maximum atomic E-state index is 14.0. The van der Waals surface area contributed by atoms with E-state index in [1.165, 1.54) is 12.1 Å². The molecule has 21 heavy (non-hydrogen) atoms. The predicted molar refractivity (Wildman–Crippen MR) is 80.9 cm³/mol. The molecule has 0 N–H and O–H groups in total. The zero-order valence-corrected chi connectivity index (χ0v) is 13.0. The first-order valence-electron chi connectivity index (χ1n) is 6.29. The SMILES string of the molecule is COCCc1ccc(Oc2ccc(C#N)c(Br)c2F)cc1. The Hall–Kier alpha value is -1.90. The van der Waals surface area contributed by atoms with Gasteiger partial charge in [0.05, 0.1) is 16.6 Å². The van der Waals surface area contributed by atoms with Gasteiger partial charge < -0.3 is 9.47 Å². The summed E-state index contributed by atoms with van der Waals surface area (Å²) in [6.45, 7) is 0.650. The summed E-state index contributed by atoms with van der Waals surface area (Å²) in [6, 6.07) is 12.2. The Morgan fingerprint density at radius 1 is 1.19 bits per heavy atom. The van der Waals surface area contributed by atoms with Crippen LogP contribution in [0, 0.1) is 17.1 Å². The van der Waals surface area contributed by atoms with E-state index in [0.29, 0.717) is 12.4 Å². The predicted octanol–water partition coefficient (Wildman–Crippen LogP) is 4.44. The minimum atomic E-state index is -0.586. The minimum Gasteiger partial charge on any atom is -0.454 e. The number of nitrogens with zero attached hydrogens (tertiary/aromatic N) is 1. The summed E-state index contributed by atoms with van der Waals surface area (Å²) in [5.74, 6) is 0.0229. The summed E-state index contributed by atoms with van der Waals surface area (Å²) in [6.07, 6.45) is 0.813. The first-order chi connectivity index (χ1) is 10.2. The van der Waals surface area contributed by atoms with Gasteiger partial charge in [-0.05, 0) is 52.2 Å². The van der Waals surface area contributed by atoms with Crippen LogP contribution >= 0.6 is 15.9 Å². The van der Waals surface area contributed by atoms with Crippen molar-refractivity contribution in [2.24, 2.45) is 0 Å². The van der Waals surface area contributed by atoms with E-state index >= 15 is 0 Å². The first-order valence-corrected chi connectivity index (χ1v) is 7.09. The number of ether oxygens (including phenoxy) is 2. The Kier molecular flexibility index (Phi) is 5.32. The highest BCUT2D eigenvalue weighted by molar-refractivity contribution is 9.10. The zero-order chi connectivity index (χ0) is 15.2. The second-order valence-electron chi connectivity index (χ2n) is 4.34. The Morgan fingerprint density at radius 2 is 1.90 bits per heavy atom. The van der Waals surface area contributed by atoms with Crippen LogP contribution in [0.1, 0.15) is 11.1 Å². The van der Waals surface area contributed by atoms with Gasteiger partial charge in [0, 0.05) is 7.11 Å². The lowest BCUT2D eigenvalue weighted by Gasteiger charge is -2.09. The number of hydrogen-bond acceptors (Lipinski definition) is 3. The molecule has 0 aromatic heterocycles. The average Bonchev–Trinajstić information content (AvgIpc) is 2.51. The molecule has 108 valence electrons. The minimum absolute atomic E-state index is 0.0746. The molecule has 0 bridgehead atoms. The van der Waals surface area contributed by atoms with Crippen LogP contribution in [0.2, 0.25) is 0 Å². The standard InChI is InChI=1S/C16H13BrFNO2/c1-20-9-8-11-2-5-13(6-3-11)21-14-7-4-12(10-19)15(17)16(14)18/h2-7H,8-9H2,1H3. The highest BCUT2D eigenvalue weighted by Gasteiger charge is 2.12. The van der Waals surface area contributed by atoms with E-state index in [1.807, 2.05) is 18.2 Å². The van der Waals surface area contributed by atoms with Crippen LogP contribution in [-0.4, -0.2) is 13.7 Å². The van der Waals surface area contributed by atoms with E-state index in [9.17, 15) is 4.39 Å². The molecule has 5 heteroatoms. The van der Waals surface area contributed by atoms with Crippen LogP contribution < -0.4 is 4.74 Å². The summed E-state index contributed by atoms with van der Waals surface area (Å²) < 4.78 is 24.7. The van der Waals surface area contributed by atoms with Crippen LogP contribution in [0.4, 0.5) is 4.39 Å². The lowest BCUT2D eigenvalue weighted by atomic mass is 10.1. The molecule has 0 amide bonds. The second kappa shape index (κ2) is 7.21. The molecule has 3 nitrogen and oxygen atoms in total. The van der Waals surface area contributed by atoms with E-state index in [2.05, 4.69) is 15.9 Å². The van der Waals surface area contributed by atoms with Gasteiger partial charge in [0.15, 0.2) is 11.6 Å². The molecule has 0 saturated heterocycles. The van der Waals surface area contributed by atoms with E-state index < -0.39 is 5.82 Å². The van der Waals surface area contributed by atoms with E-state index in [1.54, 1.807) is 19.2 Å². The lowest BCUT2D eigenvalue weighted by Crippen LogP contribution is -1.95. The summed E-state index contributed by atoms with van der Waals surface area (Å²) in [7, 11) is 1.66. The van der Waals surface area contributed by atoms with E-state index in [0.717, 1.165) is 12.0 Å². The van der Waals surface area contributed by atoms with Gasteiger partial charge in [0.25, 0.3) is 0 Å². The Labute approximate surface area is 131 Å². The molecule has 0 radical (unpaired) electrons. The van der Waals surface area contributed by atoms with Crippen molar-refractivity contribution >= 4 is 15.9 Å². The number of rotatable bonds is 5. The van der Waals surface area contributed by atoms with Crippen molar-refractivity contribution in [1.29, 1.82) is 5.26 Å². The van der Waals surface area contributed by atoms with Crippen LogP contribution in [0.5, 0.6) is 11.5 Å². The summed E-state index contributed by atoms with van der Waals surface area (Å²) in [4.78, 5) is 0. The molecule has 2 rings (SSSR count). The molecule has 0 saturated carbocycles. The van der Waals surface area contributed by atoms with Gasteiger partial charge >= 0.3 is 0 Å². The normalized spacial score (nSPS) is 10.2. The molecule has 0 aliphatic heterocycles. The van der Waals surface area contributed by atoms with Crippen molar-refractivity contribution in [3.8, 4) is 17.6 Å². The number of halogens is 2. The highest BCUT2D eigenvalue weighted by atomic mass is 79.9. The topological polar surface area (TPSA) is 42.2 Å². The first kappa shape index (κ1) is 15.5. The van der Waals surface area contributed by atoms with Gasteiger partial charge in [-0.3, -0.25) is 0 Å². The average molecular weight is 350 g/mol. The molecule has 0 atom stereocenters. The van der Waals surface area contributed by atoms with Crippen LogP contribution in [0.3, 0.4) is 0 Å². The Bertz CT molecular complexity index is 665. The highest BCUT2D eigenvalue weighted by Crippen LogP contribution is 2.31. The van der Waals surface area contributed by atoms with Gasteiger partial charge in [0.1, 0.15) is 11.8 Å². The maximum absolute atomic E-state index is 14.0. The fourth-order valence-corrected chi connectivity index (χ4v) is 2.18. The summed E-state index contributed by atoms with van der Waals surface area (Å²) in [5, 5.41) is 8.83. The zero-order valence-electron chi connectivity index (χ0n) is 11.4. The maximum Gasteiger partial charge on any atom is 0.181 e. The number of methoxy groups -OCH3 is 1. The van der Waals surface area contributed by atoms with Crippen molar-refractivity contribution in [2.75, 3.05) is 13.7 Å². The van der Waals surface area contributed by atoms with Crippen molar-refractivity contribution < 1.29 is 13.9 Å². The van der Waals surface area contributed by atoms with Crippen LogP contribution in [0.15, 0.2) is 40.9 Å². The number of hydrogen-bond donors (Lipinski definition) is 0. The van der Waals surface area contributed by atoms with Crippen molar-refractivity contribution in [3.63, 3.8) is 0 Å². The molecule has 0 fully saturated rings. The Morgan fingerprint density at radius 3 is 2.52 bits per heavy atom. The van der Waals surface area contributed by atoms with Crippen molar-refractivity contribution in [2.45, 2.75) is 6.42 Å². The molecule has 0 spiro atoms. The van der Waals surface area contributed by atoms with Crippen molar-refractivity contribution in [3.05, 3.63) is 57.8 Å².